The summed E-state index contributed by atoms with van der Waals surface area (Å²) in [5, 5.41) is 6.84. The number of hydrogen-bond acceptors (Lipinski definition) is 3. The third kappa shape index (κ3) is 5.64. The van der Waals surface area contributed by atoms with Crippen LogP contribution >= 0.6 is 39.9 Å². The van der Waals surface area contributed by atoms with E-state index in [1.165, 1.54) is 25.7 Å². The molecule has 5 nitrogen and oxygen atoms in total. The number of guanidine groups is 1. The number of ether oxygens (including phenoxy) is 2. The van der Waals surface area contributed by atoms with Crippen LogP contribution in [0.1, 0.15) is 38.2 Å². The summed E-state index contributed by atoms with van der Waals surface area (Å²) in [5.74, 6) is 2.25. The quantitative estimate of drug-likeness (QED) is 0.316. The number of nitrogens with one attached hydrogen (secondary N) is 2. The van der Waals surface area contributed by atoms with E-state index in [1.807, 2.05) is 12.1 Å². The summed E-state index contributed by atoms with van der Waals surface area (Å²) in [4.78, 5) is 4.32. The largest absolute Gasteiger partial charge is 0.493 e. The third-order valence-electron chi connectivity index (χ3n) is 4.97. The summed E-state index contributed by atoms with van der Waals surface area (Å²) in [6.45, 7) is 3.93. The molecule has 2 rings (SSSR count). The Hall–Kier alpha value is -0.700. The van der Waals surface area contributed by atoms with Crippen molar-refractivity contribution in [1.82, 2.24) is 10.6 Å². The van der Waals surface area contributed by atoms with Gasteiger partial charge in [0.2, 0.25) is 0 Å². The summed E-state index contributed by atoms with van der Waals surface area (Å²) in [7, 11) is 5.08. The number of nitrogens with zero attached hydrogens (tertiary/aromatic N) is 1. The molecule has 0 atom stereocenters. The number of rotatable bonds is 7. The Kier molecular flexibility index (Phi) is 9.34. The maximum Gasteiger partial charge on any atom is 0.191 e. The molecule has 1 aliphatic carbocycles. The van der Waals surface area contributed by atoms with Crippen molar-refractivity contribution < 1.29 is 9.47 Å². The fraction of sp³-hybridized carbons (Fsp3) is 0.611. The molecule has 7 heteroatoms. The topological polar surface area (TPSA) is 54.9 Å². The van der Waals surface area contributed by atoms with Gasteiger partial charge in [0.05, 0.1) is 18.7 Å². The molecule has 0 radical (unpaired) electrons. The average molecular weight is 526 g/mol. The Morgan fingerprint density at radius 1 is 1.24 bits per heavy atom. The summed E-state index contributed by atoms with van der Waals surface area (Å²) in [6.07, 6.45) is 5.20. The molecule has 142 valence electrons. The minimum atomic E-state index is 0. The van der Waals surface area contributed by atoms with Gasteiger partial charge in [-0.25, -0.2) is 0 Å². The van der Waals surface area contributed by atoms with E-state index in [0.29, 0.717) is 23.5 Å². The molecule has 0 aliphatic heterocycles. The van der Waals surface area contributed by atoms with E-state index in [2.05, 4.69) is 38.5 Å². The smallest absolute Gasteiger partial charge is 0.191 e. The maximum absolute atomic E-state index is 5.39. The van der Waals surface area contributed by atoms with Gasteiger partial charge >= 0.3 is 0 Å². The van der Waals surface area contributed by atoms with Gasteiger partial charge in [-0.15, -0.1) is 24.0 Å². The lowest BCUT2D eigenvalue weighted by atomic mass is 9.67. The Balaban J connectivity index is 0.00000312. The Morgan fingerprint density at radius 2 is 1.96 bits per heavy atom. The Labute approximate surface area is 176 Å². The lowest BCUT2D eigenvalue weighted by Gasteiger charge is -2.41. The molecular formula is C18H29BrIN3O2. The minimum absolute atomic E-state index is 0. The van der Waals surface area contributed by atoms with Gasteiger partial charge < -0.3 is 20.1 Å². The van der Waals surface area contributed by atoms with E-state index in [0.717, 1.165) is 22.5 Å². The molecular weight excluding hydrogens is 497 g/mol. The molecule has 0 heterocycles. The predicted octanol–water partition coefficient (Wildman–Crippen LogP) is 4.33. The first kappa shape index (κ1) is 22.3. The van der Waals surface area contributed by atoms with Gasteiger partial charge in [-0.1, -0.05) is 13.3 Å². The van der Waals surface area contributed by atoms with Crippen LogP contribution in [-0.4, -0.2) is 33.8 Å². The van der Waals surface area contributed by atoms with Crippen LogP contribution in [0.25, 0.3) is 0 Å². The molecule has 0 amide bonds. The van der Waals surface area contributed by atoms with E-state index >= 15 is 0 Å². The van der Waals surface area contributed by atoms with Crippen LogP contribution in [0.3, 0.4) is 0 Å². The van der Waals surface area contributed by atoms with Crippen LogP contribution in [0.15, 0.2) is 21.6 Å². The minimum Gasteiger partial charge on any atom is -0.493 e. The molecule has 0 bridgehead atoms. The summed E-state index contributed by atoms with van der Waals surface area (Å²) < 4.78 is 11.6. The zero-order valence-corrected chi connectivity index (χ0v) is 19.4. The SMILES string of the molecule is CCC1(CNC(=NC)NCc2cc(Br)c(OC)c(OC)c2)CCC1.I. The first-order valence-corrected chi connectivity index (χ1v) is 9.21. The van der Waals surface area contributed by atoms with Gasteiger partial charge in [0.1, 0.15) is 0 Å². The van der Waals surface area contributed by atoms with Crippen molar-refractivity contribution in [3.8, 4) is 11.5 Å². The highest BCUT2D eigenvalue weighted by atomic mass is 127. The zero-order valence-electron chi connectivity index (χ0n) is 15.4. The zero-order chi connectivity index (χ0) is 17.6. The fourth-order valence-electron chi connectivity index (χ4n) is 3.08. The van der Waals surface area contributed by atoms with Gasteiger partial charge in [-0.05, 0) is 58.3 Å². The normalized spacial score (nSPS) is 15.6. The third-order valence-corrected chi connectivity index (χ3v) is 5.56. The molecule has 1 aromatic rings. The lowest BCUT2D eigenvalue weighted by molar-refractivity contribution is 0.131. The second-order valence-corrected chi connectivity index (χ2v) is 7.15. The van der Waals surface area contributed by atoms with Crippen molar-refractivity contribution in [3.05, 3.63) is 22.2 Å². The highest BCUT2D eigenvalue weighted by Gasteiger charge is 2.34. The van der Waals surface area contributed by atoms with Crippen LogP contribution < -0.4 is 20.1 Å². The molecule has 1 fully saturated rings. The molecule has 2 N–H and O–H groups in total. The van der Waals surface area contributed by atoms with Gasteiger partial charge in [-0.2, -0.15) is 0 Å². The Morgan fingerprint density at radius 3 is 2.44 bits per heavy atom. The lowest BCUT2D eigenvalue weighted by Crippen LogP contribution is -2.46. The number of methoxy groups -OCH3 is 2. The summed E-state index contributed by atoms with van der Waals surface area (Å²) >= 11 is 3.53. The van der Waals surface area contributed by atoms with Crippen molar-refractivity contribution in [2.24, 2.45) is 10.4 Å². The van der Waals surface area contributed by atoms with Crippen LogP contribution in [0.5, 0.6) is 11.5 Å². The fourth-order valence-corrected chi connectivity index (χ4v) is 3.73. The first-order valence-electron chi connectivity index (χ1n) is 8.42. The van der Waals surface area contributed by atoms with Crippen molar-refractivity contribution in [2.45, 2.75) is 39.2 Å². The average Bonchev–Trinajstić information content (AvgIpc) is 2.56. The number of aliphatic imine (C=N–C) groups is 1. The number of hydrogen-bond donors (Lipinski definition) is 2. The van der Waals surface area contributed by atoms with Crippen LogP contribution in [0.4, 0.5) is 0 Å². The highest BCUT2D eigenvalue weighted by Crippen LogP contribution is 2.43. The van der Waals surface area contributed by atoms with E-state index in [1.54, 1.807) is 21.3 Å². The van der Waals surface area contributed by atoms with E-state index in [4.69, 9.17) is 9.47 Å². The summed E-state index contributed by atoms with van der Waals surface area (Å²) in [5.41, 5.74) is 1.56. The van der Waals surface area contributed by atoms with E-state index in [-0.39, 0.29) is 24.0 Å². The van der Waals surface area contributed by atoms with Crippen LogP contribution in [0, 0.1) is 5.41 Å². The van der Waals surface area contributed by atoms with Gasteiger partial charge in [0.25, 0.3) is 0 Å². The molecule has 1 aromatic carbocycles. The molecule has 1 saturated carbocycles. The van der Waals surface area contributed by atoms with Gasteiger partial charge in [0.15, 0.2) is 17.5 Å². The van der Waals surface area contributed by atoms with Crippen LogP contribution in [0.2, 0.25) is 0 Å². The number of benzene rings is 1. The standard InChI is InChI=1S/C18H28BrN3O2.HI/c1-5-18(7-6-8-18)12-22-17(20-2)21-11-13-9-14(19)16(24-4)15(10-13)23-3;/h9-10H,5-8,11-12H2,1-4H3,(H2,20,21,22);1H. The highest BCUT2D eigenvalue weighted by molar-refractivity contribution is 14.0. The first-order chi connectivity index (χ1) is 11.6. The van der Waals surface area contributed by atoms with Crippen LogP contribution in [-0.2, 0) is 6.54 Å². The Bertz CT molecular complexity index is 586. The monoisotopic (exact) mass is 525 g/mol. The van der Waals surface area contributed by atoms with Crippen molar-refractivity contribution in [2.75, 3.05) is 27.8 Å². The van der Waals surface area contributed by atoms with Gasteiger partial charge in [0, 0.05) is 20.1 Å². The van der Waals surface area contributed by atoms with E-state index in [9.17, 15) is 0 Å². The molecule has 0 saturated heterocycles. The van der Waals surface area contributed by atoms with Crippen molar-refractivity contribution in [3.63, 3.8) is 0 Å². The second kappa shape index (κ2) is 10.4. The second-order valence-electron chi connectivity index (χ2n) is 6.30. The summed E-state index contributed by atoms with van der Waals surface area (Å²) in [6, 6.07) is 4.00. The van der Waals surface area contributed by atoms with E-state index < -0.39 is 0 Å². The number of halogens is 2. The maximum atomic E-state index is 5.39. The van der Waals surface area contributed by atoms with Crippen molar-refractivity contribution in [1.29, 1.82) is 0 Å². The molecule has 0 unspecified atom stereocenters. The molecule has 1 aliphatic rings. The predicted molar refractivity (Wildman–Crippen MR) is 117 cm³/mol. The van der Waals surface area contributed by atoms with Crippen molar-refractivity contribution >= 4 is 45.9 Å². The van der Waals surface area contributed by atoms with Gasteiger partial charge in [-0.3, -0.25) is 4.99 Å². The molecule has 0 spiro atoms. The molecule has 0 aromatic heterocycles. The molecule has 25 heavy (non-hydrogen) atoms.